The molecule has 0 atom stereocenters. The molecule has 0 aliphatic carbocycles. The number of hydrogen-bond acceptors (Lipinski definition) is 3. The van der Waals surface area contributed by atoms with Gasteiger partial charge in [0.05, 0.1) is 5.69 Å². The lowest BCUT2D eigenvalue weighted by Gasteiger charge is -1.99. The summed E-state index contributed by atoms with van der Waals surface area (Å²) in [5, 5.41) is 12.0. The molecule has 0 amide bonds. The van der Waals surface area contributed by atoms with Crippen molar-refractivity contribution < 1.29 is 5.11 Å². The highest BCUT2D eigenvalue weighted by Gasteiger charge is 1.96. The largest absolute Gasteiger partial charge is 0.506 e. The van der Waals surface area contributed by atoms with Crippen molar-refractivity contribution in [3.8, 4) is 5.75 Å². The Morgan fingerprint density at radius 3 is 3.10 bits per heavy atom. The van der Waals surface area contributed by atoms with Crippen LogP contribution in [0.25, 0.3) is 0 Å². The smallest absolute Gasteiger partial charge is 0.138 e. The summed E-state index contributed by atoms with van der Waals surface area (Å²) in [6, 6.07) is 3.33. The van der Waals surface area contributed by atoms with Crippen LogP contribution in [0.4, 0.5) is 0 Å². The van der Waals surface area contributed by atoms with Gasteiger partial charge in [-0.2, -0.15) is 0 Å². The highest BCUT2D eigenvalue weighted by Crippen LogP contribution is 2.10. The molecule has 1 heterocycles. The number of nitrogens with zero attached hydrogens (tertiary/aromatic N) is 1. The second kappa shape index (κ2) is 3.17. The fourth-order valence-electron chi connectivity index (χ4n) is 0.733. The van der Waals surface area contributed by atoms with Gasteiger partial charge in [0.15, 0.2) is 0 Å². The molecule has 1 aromatic heterocycles. The molecule has 0 radical (unpaired) electrons. The Hall–Kier alpha value is -1.09. The third kappa shape index (κ3) is 1.45. The maximum atomic E-state index is 9.14. The monoisotopic (exact) mass is 138 g/mol. The first-order valence-electron chi connectivity index (χ1n) is 3.12. The zero-order valence-electron chi connectivity index (χ0n) is 5.83. The quantitative estimate of drug-likeness (QED) is 0.625. The Morgan fingerprint density at radius 1 is 1.70 bits per heavy atom. The normalized spacial score (nSPS) is 9.70. The molecule has 0 aliphatic rings. The van der Waals surface area contributed by atoms with Crippen LogP contribution in [0.15, 0.2) is 18.3 Å². The topological polar surface area (TPSA) is 45.2 Å². The van der Waals surface area contributed by atoms with Crippen molar-refractivity contribution in [3.63, 3.8) is 0 Å². The van der Waals surface area contributed by atoms with Crippen molar-refractivity contribution in [2.24, 2.45) is 0 Å². The molecular formula is C7H10N2O. The van der Waals surface area contributed by atoms with Gasteiger partial charge in [0.2, 0.25) is 0 Å². The molecule has 0 aromatic carbocycles. The molecule has 0 spiro atoms. The standard InChI is InChI=1S/C7H10N2O/c1-8-5-6-7(10)3-2-4-9-6/h2-4,8,10H,5H2,1H3. The fraction of sp³-hybridized carbons (Fsp3) is 0.286. The zero-order chi connectivity index (χ0) is 7.40. The first kappa shape index (κ1) is 7.02. The predicted octanol–water partition coefficient (Wildman–Crippen LogP) is 0.507. The van der Waals surface area contributed by atoms with Crippen molar-refractivity contribution in [2.75, 3.05) is 7.05 Å². The van der Waals surface area contributed by atoms with Gasteiger partial charge in [-0.25, -0.2) is 0 Å². The van der Waals surface area contributed by atoms with E-state index in [1.807, 2.05) is 7.05 Å². The van der Waals surface area contributed by atoms with E-state index in [1.165, 1.54) is 0 Å². The average molecular weight is 138 g/mol. The number of pyridine rings is 1. The van der Waals surface area contributed by atoms with Gasteiger partial charge >= 0.3 is 0 Å². The SMILES string of the molecule is CNCc1ncccc1O. The van der Waals surface area contributed by atoms with E-state index in [2.05, 4.69) is 10.3 Å². The van der Waals surface area contributed by atoms with E-state index < -0.39 is 0 Å². The lowest BCUT2D eigenvalue weighted by atomic mass is 10.3. The van der Waals surface area contributed by atoms with Crippen LogP contribution in [0.3, 0.4) is 0 Å². The first-order valence-corrected chi connectivity index (χ1v) is 3.12. The summed E-state index contributed by atoms with van der Waals surface area (Å²) in [5.41, 5.74) is 0.685. The highest BCUT2D eigenvalue weighted by atomic mass is 16.3. The van der Waals surface area contributed by atoms with Crippen molar-refractivity contribution in [3.05, 3.63) is 24.0 Å². The number of aromatic hydroxyl groups is 1. The second-order valence-electron chi connectivity index (χ2n) is 2.00. The molecule has 0 fully saturated rings. The number of rotatable bonds is 2. The molecule has 0 aliphatic heterocycles. The van der Waals surface area contributed by atoms with Crippen molar-refractivity contribution in [1.82, 2.24) is 10.3 Å². The third-order valence-electron chi connectivity index (χ3n) is 1.21. The van der Waals surface area contributed by atoms with Crippen LogP contribution in [0, 0.1) is 0 Å². The Bertz CT molecular complexity index is 213. The van der Waals surface area contributed by atoms with Gasteiger partial charge in [-0.3, -0.25) is 4.98 Å². The summed E-state index contributed by atoms with van der Waals surface area (Å²) in [6.07, 6.45) is 1.66. The molecule has 10 heavy (non-hydrogen) atoms. The summed E-state index contributed by atoms with van der Waals surface area (Å²) in [4.78, 5) is 3.96. The molecule has 0 saturated heterocycles. The van der Waals surface area contributed by atoms with E-state index in [0.717, 1.165) is 0 Å². The summed E-state index contributed by atoms with van der Waals surface area (Å²) in [7, 11) is 1.81. The van der Waals surface area contributed by atoms with Gasteiger partial charge in [0, 0.05) is 12.7 Å². The minimum atomic E-state index is 0.247. The average Bonchev–Trinajstić information content (AvgIpc) is 1.94. The lowest BCUT2D eigenvalue weighted by molar-refractivity contribution is 0.461. The summed E-state index contributed by atoms with van der Waals surface area (Å²) in [5.74, 6) is 0.247. The minimum Gasteiger partial charge on any atom is -0.506 e. The van der Waals surface area contributed by atoms with E-state index >= 15 is 0 Å². The molecule has 1 aromatic rings. The summed E-state index contributed by atoms with van der Waals surface area (Å²) in [6.45, 7) is 0.604. The van der Waals surface area contributed by atoms with Crippen LogP contribution in [-0.4, -0.2) is 17.1 Å². The van der Waals surface area contributed by atoms with E-state index in [0.29, 0.717) is 12.2 Å². The van der Waals surface area contributed by atoms with Crippen LogP contribution in [0.2, 0.25) is 0 Å². The van der Waals surface area contributed by atoms with Gasteiger partial charge in [0.25, 0.3) is 0 Å². The van der Waals surface area contributed by atoms with Crippen molar-refractivity contribution in [2.45, 2.75) is 6.54 Å². The predicted molar refractivity (Wildman–Crippen MR) is 38.7 cm³/mol. The first-order chi connectivity index (χ1) is 4.84. The van der Waals surface area contributed by atoms with E-state index in [1.54, 1.807) is 18.3 Å². The van der Waals surface area contributed by atoms with E-state index in [9.17, 15) is 0 Å². The van der Waals surface area contributed by atoms with Crippen LogP contribution < -0.4 is 5.32 Å². The molecule has 54 valence electrons. The van der Waals surface area contributed by atoms with Crippen LogP contribution in [0.1, 0.15) is 5.69 Å². The maximum absolute atomic E-state index is 9.14. The van der Waals surface area contributed by atoms with E-state index in [4.69, 9.17) is 5.11 Å². The van der Waals surface area contributed by atoms with Crippen LogP contribution >= 0.6 is 0 Å². The zero-order valence-corrected chi connectivity index (χ0v) is 5.83. The van der Waals surface area contributed by atoms with Crippen molar-refractivity contribution in [1.29, 1.82) is 0 Å². The molecule has 0 bridgehead atoms. The molecular weight excluding hydrogens is 128 g/mol. The molecule has 1 rings (SSSR count). The van der Waals surface area contributed by atoms with E-state index in [-0.39, 0.29) is 5.75 Å². The van der Waals surface area contributed by atoms with Gasteiger partial charge in [-0.05, 0) is 19.2 Å². The second-order valence-corrected chi connectivity index (χ2v) is 2.00. The third-order valence-corrected chi connectivity index (χ3v) is 1.21. The summed E-state index contributed by atoms with van der Waals surface area (Å²) >= 11 is 0. The molecule has 3 nitrogen and oxygen atoms in total. The Labute approximate surface area is 59.7 Å². The molecule has 0 unspecified atom stereocenters. The fourth-order valence-corrected chi connectivity index (χ4v) is 0.733. The minimum absolute atomic E-state index is 0.247. The molecule has 2 N–H and O–H groups in total. The Balaban J connectivity index is 2.81. The molecule has 3 heteroatoms. The van der Waals surface area contributed by atoms with Crippen molar-refractivity contribution >= 4 is 0 Å². The Kier molecular flexibility index (Phi) is 2.23. The van der Waals surface area contributed by atoms with Crippen LogP contribution in [0.5, 0.6) is 5.75 Å². The van der Waals surface area contributed by atoms with Gasteiger partial charge in [-0.15, -0.1) is 0 Å². The lowest BCUT2D eigenvalue weighted by Crippen LogP contribution is -2.06. The maximum Gasteiger partial charge on any atom is 0.138 e. The molecule has 0 saturated carbocycles. The van der Waals surface area contributed by atoms with Crippen LogP contribution in [-0.2, 0) is 6.54 Å². The van der Waals surface area contributed by atoms with Gasteiger partial charge in [0.1, 0.15) is 5.75 Å². The number of nitrogens with one attached hydrogen (secondary N) is 1. The number of aromatic nitrogens is 1. The number of hydrogen-bond donors (Lipinski definition) is 2. The van der Waals surface area contributed by atoms with Gasteiger partial charge < -0.3 is 10.4 Å². The summed E-state index contributed by atoms with van der Waals surface area (Å²) < 4.78 is 0. The van der Waals surface area contributed by atoms with Gasteiger partial charge in [-0.1, -0.05) is 0 Å². The highest BCUT2D eigenvalue weighted by molar-refractivity contribution is 5.24. The Morgan fingerprint density at radius 2 is 2.50 bits per heavy atom.